The molecule has 0 spiro atoms. The highest BCUT2D eigenvalue weighted by Crippen LogP contribution is 2.20. The van der Waals surface area contributed by atoms with Crippen LogP contribution in [0.25, 0.3) is 16.9 Å². The zero-order chi connectivity index (χ0) is 18.1. The lowest BCUT2D eigenvalue weighted by Crippen LogP contribution is -2.23. The van der Waals surface area contributed by atoms with Gasteiger partial charge < -0.3 is 5.32 Å². The molecular weight excluding hydrogens is 370 g/mol. The van der Waals surface area contributed by atoms with Crippen molar-refractivity contribution in [2.75, 3.05) is 0 Å². The van der Waals surface area contributed by atoms with Crippen LogP contribution in [0.4, 0.5) is 0 Å². The van der Waals surface area contributed by atoms with Gasteiger partial charge in [0.05, 0.1) is 17.1 Å². The summed E-state index contributed by atoms with van der Waals surface area (Å²) in [7, 11) is 0. The fourth-order valence-electron chi connectivity index (χ4n) is 2.52. The molecule has 0 radical (unpaired) electrons. The summed E-state index contributed by atoms with van der Waals surface area (Å²) in [5.74, 6) is 0.436. The van der Waals surface area contributed by atoms with Gasteiger partial charge in [-0.2, -0.15) is 9.61 Å². The van der Waals surface area contributed by atoms with Gasteiger partial charge in [0.2, 0.25) is 0 Å². The summed E-state index contributed by atoms with van der Waals surface area (Å²) in [6.07, 6.45) is 0. The summed E-state index contributed by atoms with van der Waals surface area (Å²) >= 11 is 7.40. The standard InChI is InChI=1S/C18H14ClN5OS/c1-11-2-8-15(26-11)18(25)20-10-17-22-21-16-9-7-14(23-24(16)17)12-3-5-13(19)6-4-12/h2-9H,10H2,1H3,(H,20,25). The predicted octanol–water partition coefficient (Wildman–Crippen LogP) is 3.74. The number of halogens is 1. The highest BCUT2D eigenvalue weighted by molar-refractivity contribution is 7.13. The van der Waals surface area contributed by atoms with E-state index in [-0.39, 0.29) is 12.5 Å². The highest BCUT2D eigenvalue weighted by atomic mass is 35.5. The molecule has 6 nitrogen and oxygen atoms in total. The van der Waals surface area contributed by atoms with Crippen LogP contribution in [0, 0.1) is 6.92 Å². The van der Waals surface area contributed by atoms with E-state index in [4.69, 9.17) is 11.6 Å². The van der Waals surface area contributed by atoms with Crippen molar-refractivity contribution in [2.45, 2.75) is 13.5 Å². The van der Waals surface area contributed by atoms with Crippen LogP contribution in [-0.2, 0) is 6.54 Å². The molecule has 0 unspecified atom stereocenters. The topological polar surface area (TPSA) is 72.2 Å². The van der Waals surface area contributed by atoms with E-state index in [1.165, 1.54) is 11.3 Å². The Morgan fingerprint density at radius 2 is 1.92 bits per heavy atom. The van der Waals surface area contributed by atoms with Crippen molar-refractivity contribution in [3.63, 3.8) is 0 Å². The van der Waals surface area contributed by atoms with Crippen LogP contribution in [0.15, 0.2) is 48.5 Å². The molecule has 0 bridgehead atoms. The van der Waals surface area contributed by atoms with E-state index in [0.29, 0.717) is 21.4 Å². The van der Waals surface area contributed by atoms with Crippen molar-refractivity contribution >= 4 is 34.5 Å². The zero-order valence-corrected chi connectivity index (χ0v) is 15.4. The molecule has 4 rings (SSSR count). The number of rotatable bonds is 4. The number of thiophene rings is 1. The van der Waals surface area contributed by atoms with Crippen LogP contribution >= 0.6 is 22.9 Å². The second-order valence-electron chi connectivity index (χ2n) is 5.70. The predicted molar refractivity (Wildman–Crippen MR) is 101 cm³/mol. The fraction of sp³-hybridized carbons (Fsp3) is 0.111. The van der Waals surface area contributed by atoms with E-state index >= 15 is 0 Å². The Morgan fingerprint density at radius 1 is 1.12 bits per heavy atom. The molecule has 1 amide bonds. The van der Waals surface area contributed by atoms with E-state index < -0.39 is 0 Å². The first-order valence-corrected chi connectivity index (χ1v) is 9.11. The Bertz CT molecular complexity index is 1090. The Morgan fingerprint density at radius 3 is 2.65 bits per heavy atom. The van der Waals surface area contributed by atoms with Crippen molar-refractivity contribution in [1.82, 2.24) is 25.1 Å². The number of benzene rings is 1. The minimum Gasteiger partial charge on any atom is -0.344 e. The minimum absolute atomic E-state index is 0.131. The molecule has 1 N–H and O–H groups in total. The van der Waals surface area contributed by atoms with Crippen molar-refractivity contribution in [1.29, 1.82) is 0 Å². The maximum Gasteiger partial charge on any atom is 0.261 e. The van der Waals surface area contributed by atoms with Gasteiger partial charge in [-0.05, 0) is 43.3 Å². The zero-order valence-electron chi connectivity index (χ0n) is 13.8. The Kier molecular flexibility index (Phi) is 4.40. The van der Waals surface area contributed by atoms with Crippen LogP contribution in [0.3, 0.4) is 0 Å². The fourth-order valence-corrected chi connectivity index (χ4v) is 3.43. The van der Waals surface area contributed by atoms with Gasteiger partial charge in [-0.3, -0.25) is 4.79 Å². The number of carbonyl (C=O) groups is 1. The Hall–Kier alpha value is -2.77. The third-order valence-electron chi connectivity index (χ3n) is 3.84. The minimum atomic E-state index is -0.131. The molecule has 0 aliphatic heterocycles. The van der Waals surface area contributed by atoms with Gasteiger partial charge in [-0.15, -0.1) is 21.5 Å². The van der Waals surface area contributed by atoms with Gasteiger partial charge in [-0.25, -0.2) is 0 Å². The third-order valence-corrected chi connectivity index (χ3v) is 5.09. The Balaban J connectivity index is 1.58. The lowest BCUT2D eigenvalue weighted by molar-refractivity contribution is 0.0953. The first-order chi connectivity index (χ1) is 12.6. The lowest BCUT2D eigenvalue weighted by atomic mass is 10.1. The van der Waals surface area contributed by atoms with Crippen LogP contribution in [0.2, 0.25) is 5.02 Å². The molecule has 3 aromatic heterocycles. The second kappa shape index (κ2) is 6.86. The van der Waals surface area contributed by atoms with Crippen molar-refractivity contribution in [3.05, 3.63) is 69.1 Å². The second-order valence-corrected chi connectivity index (χ2v) is 7.43. The van der Waals surface area contributed by atoms with Crippen LogP contribution in [-0.4, -0.2) is 25.7 Å². The van der Waals surface area contributed by atoms with Crippen LogP contribution in [0.1, 0.15) is 20.4 Å². The number of aryl methyl sites for hydroxylation is 1. The van der Waals surface area contributed by atoms with E-state index in [9.17, 15) is 4.79 Å². The summed E-state index contributed by atoms with van der Waals surface area (Å²) in [5.41, 5.74) is 2.34. The van der Waals surface area contributed by atoms with Gasteiger partial charge in [0.25, 0.3) is 5.91 Å². The van der Waals surface area contributed by atoms with Gasteiger partial charge >= 0.3 is 0 Å². The van der Waals surface area contributed by atoms with Crippen LogP contribution < -0.4 is 5.32 Å². The highest BCUT2D eigenvalue weighted by Gasteiger charge is 2.12. The number of carbonyl (C=O) groups excluding carboxylic acids is 1. The monoisotopic (exact) mass is 383 g/mol. The molecule has 0 fully saturated rings. The molecule has 26 heavy (non-hydrogen) atoms. The number of fused-ring (bicyclic) bond motifs is 1. The number of nitrogens with one attached hydrogen (secondary N) is 1. The number of hydrogen-bond acceptors (Lipinski definition) is 5. The quantitative estimate of drug-likeness (QED) is 0.582. The molecular formula is C18H14ClN5OS. The molecule has 0 saturated heterocycles. The molecule has 130 valence electrons. The van der Waals surface area contributed by atoms with E-state index in [0.717, 1.165) is 16.1 Å². The number of amides is 1. The molecule has 0 aliphatic carbocycles. The summed E-state index contributed by atoms with van der Waals surface area (Å²) < 4.78 is 1.64. The largest absolute Gasteiger partial charge is 0.344 e. The molecule has 3 heterocycles. The van der Waals surface area contributed by atoms with Gasteiger partial charge in [0.1, 0.15) is 0 Å². The van der Waals surface area contributed by atoms with Gasteiger partial charge in [0.15, 0.2) is 11.5 Å². The third kappa shape index (κ3) is 3.31. The molecule has 0 atom stereocenters. The van der Waals surface area contributed by atoms with E-state index in [2.05, 4.69) is 20.6 Å². The van der Waals surface area contributed by atoms with Gasteiger partial charge in [0, 0.05) is 15.5 Å². The van der Waals surface area contributed by atoms with E-state index in [1.54, 1.807) is 4.52 Å². The molecule has 1 aromatic carbocycles. The SMILES string of the molecule is Cc1ccc(C(=O)NCc2nnc3ccc(-c4ccc(Cl)cc4)nn23)s1. The summed E-state index contributed by atoms with van der Waals surface area (Å²) in [4.78, 5) is 14.0. The average Bonchev–Trinajstić information content (AvgIpc) is 3.26. The molecule has 4 aromatic rings. The summed E-state index contributed by atoms with van der Waals surface area (Å²) in [6.45, 7) is 2.21. The smallest absolute Gasteiger partial charge is 0.261 e. The first-order valence-electron chi connectivity index (χ1n) is 7.92. The van der Waals surface area contributed by atoms with Crippen LogP contribution in [0.5, 0.6) is 0 Å². The van der Waals surface area contributed by atoms with E-state index in [1.807, 2.05) is 55.5 Å². The van der Waals surface area contributed by atoms with Crippen molar-refractivity contribution in [3.8, 4) is 11.3 Å². The molecule has 0 saturated carbocycles. The number of aromatic nitrogens is 4. The van der Waals surface area contributed by atoms with Crippen molar-refractivity contribution < 1.29 is 4.79 Å². The maximum absolute atomic E-state index is 12.2. The number of hydrogen-bond donors (Lipinski definition) is 1. The van der Waals surface area contributed by atoms with Crippen molar-refractivity contribution in [2.24, 2.45) is 0 Å². The summed E-state index contributed by atoms with van der Waals surface area (Å²) in [6, 6.07) is 14.9. The molecule has 0 aliphatic rings. The maximum atomic E-state index is 12.2. The molecule has 8 heteroatoms. The van der Waals surface area contributed by atoms with Gasteiger partial charge in [-0.1, -0.05) is 23.7 Å². The Labute approximate surface area is 158 Å². The summed E-state index contributed by atoms with van der Waals surface area (Å²) in [5, 5.41) is 16.4. The normalized spacial score (nSPS) is 11.0. The lowest BCUT2D eigenvalue weighted by Gasteiger charge is -2.04. The average molecular weight is 384 g/mol. The first kappa shape index (κ1) is 16.7. The number of nitrogens with zero attached hydrogens (tertiary/aromatic N) is 4.